The maximum absolute atomic E-state index is 13.9. The molecule has 3 N–H and O–H groups in total. The number of amides is 2. The lowest BCUT2D eigenvalue weighted by Gasteiger charge is -2.22. The molecule has 1 heterocycles. The number of aliphatic hydroxyl groups excluding tert-OH is 2. The average Bonchev–Trinajstić information content (AvgIpc) is 3.08. The SMILES string of the molecule is O=C(Nc1cc(-c2ccco2)ccc1F)N(CCO)CCCO. The van der Waals surface area contributed by atoms with E-state index in [-0.39, 0.29) is 32.0 Å². The molecule has 0 saturated carbocycles. The van der Waals surface area contributed by atoms with Crippen LogP contribution in [0.5, 0.6) is 0 Å². The maximum Gasteiger partial charge on any atom is 0.322 e. The first-order valence-electron chi connectivity index (χ1n) is 7.26. The third kappa shape index (κ3) is 4.54. The van der Waals surface area contributed by atoms with Gasteiger partial charge in [-0.2, -0.15) is 0 Å². The van der Waals surface area contributed by atoms with Crippen molar-refractivity contribution in [3.63, 3.8) is 0 Å². The normalized spacial score (nSPS) is 10.6. The molecule has 7 heteroatoms. The van der Waals surface area contributed by atoms with E-state index in [1.54, 1.807) is 18.2 Å². The summed E-state index contributed by atoms with van der Waals surface area (Å²) in [7, 11) is 0. The molecule has 0 unspecified atom stereocenters. The van der Waals surface area contributed by atoms with Crippen molar-refractivity contribution < 1.29 is 23.8 Å². The van der Waals surface area contributed by atoms with E-state index in [0.29, 0.717) is 17.7 Å². The highest BCUT2D eigenvalue weighted by Gasteiger charge is 2.15. The molecule has 0 aliphatic carbocycles. The molecule has 0 saturated heterocycles. The number of hydrogen-bond acceptors (Lipinski definition) is 4. The molecule has 2 rings (SSSR count). The summed E-state index contributed by atoms with van der Waals surface area (Å²) < 4.78 is 19.2. The predicted octanol–water partition coefficient (Wildman–Crippen LogP) is 2.29. The number of halogens is 1. The summed E-state index contributed by atoms with van der Waals surface area (Å²) in [6.07, 6.45) is 1.89. The van der Waals surface area contributed by atoms with E-state index >= 15 is 0 Å². The van der Waals surface area contributed by atoms with Gasteiger partial charge in [0.05, 0.1) is 18.6 Å². The first kappa shape index (κ1) is 17.0. The van der Waals surface area contributed by atoms with Gasteiger partial charge in [-0.3, -0.25) is 0 Å². The number of anilines is 1. The summed E-state index contributed by atoms with van der Waals surface area (Å²) in [4.78, 5) is 13.5. The number of nitrogens with zero attached hydrogens (tertiary/aromatic N) is 1. The van der Waals surface area contributed by atoms with Crippen molar-refractivity contribution in [2.24, 2.45) is 0 Å². The van der Waals surface area contributed by atoms with Gasteiger partial charge < -0.3 is 24.8 Å². The van der Waals surface area contributed by atoms with E-state index in [9.17, 15) is 9.18 Å². The lowest BCUT2D eigenvalue weighted by Crippen LogP contribution is -2.38. The van der Waals surface area contributed by atoms with Crippen molar-refractivity contribution in [2.75, 3.05) is 31.6 Å². The lowest BCUT2D eigenvalue weighted by molar-refractivity contribution is 0.180. The van der Waals surface area contributed by atoms with Crippen LogP contribution < -0.4 is 5.32 Å². The van der Waals surface area contributed by atoms with Gasteiger partial charge in [0.1, 0.15) is 11.6 Å². The number of hydrogen-bond donors (Lipinski definition) is 3. The fourth-order valence-corrected chi connectivity index (χ4v) is 2.11. The first-order valence-corrected chi connectivity index (χ1v) is 7.26. The number of urea groups is 1. The lowest BCUT2D eigenvalue weighted by atomic mass is 10.1. The third-order valence-corrected chi connectivity index (χ3v) is 3.26. The summed E-state index contributed by atoms with van der Waals surface area (Å²) in [6.45, 7) is 0.0824. The van der Waals surface area contributed by atoms with Crippen LogP contribution in [0.15, 0.2) is 41.0 Å². The molecule has 6 nitrogen and oxygen atoms in total. The third-order valence-electron chi connectivity index (χ3n) is 3.26. The molecule has 0 bridgehead atoms. The van der Waals surface area contributed by atoms with Crippen LogP contribution in [0.2, 0.25) is 0 Å². The number of benzene rings is 1. The Balaban J connectivity index is 2.14. The van der Waals surface area contributed by atoms with Crippen LogP contribution in [-0.2, 0) is 0 Å². The second-order valence-corrected chi connectivity index (χ2v) is 4.89. The van der Waals surface area contributed by atoms with E-state index in [1.807, 2.05) is 0 Å². The Morgan fingerprint density at radius 3 is 2.70 bits per heavy atom. The Labute approximate surface area is 133 Å². The minimum Gasteiger partial charge on any atom is -0.464 e. The summed E-state index contributed by atoms with van der Waals surface area (Å²) in [5, 5.41) is 20.3. The van der Waals surface area contributed by atoms with Gasteiger partial charge in [0, 0.05) is 25.3 Å². The van der Waals surface area contributed by atoms with Gasteiger partial charge >= 0.3 is 6.03 Å². The van der Waals surface area contributed by atoms with Gasteiger partial charge in [-0.05, 0) is 36.8 Å². The highest BCUT2D eigenvalue weighted by atomic mass is 19.1. The molecule has 0 aliphatic rings. The summed E-state index contributed by atoms with van der Waals surface area (Å²) >= 11 is 0. The van der Waals surface area contributed by atoms with Crippen LogP contribution in [0, 0.1) is 5.82 Å². The molecule has 2 amide bonds. The van der Waals surface area contributed by atoms with Crippen LogP contribution in [0.25, 0.3) is 11.3 Å². The monoisotopic (exact) mass is 322 g/mol. The first-order chi connectivity index (χ1) is 11.2. The van der Waals surface area contributed by atoms with E-state index < -0.39 is 11.8 Å². The van der Waals surface area contributed by atoms with Crippen molar-refractivity contribution >= 4 is 11.7 Å². The molecular weight excluding hydrogens is 303 g/mol. The van der Waals surface area contributed by atoms with Crippen LogP contribution in [0.3, 0.4) is 0 Å². The number of carbonyl (C=O) groups is 1. The second-order valence-electron chi connectivity index (χ2n) is 4.89. The van der Waals surface area contributed by atoms with Gasteiger partial charge in [-0.25, -0.2) is 9.18 Å². The Morgan fingerprint density at radius 1 is 1.22 bits per heavy atom. The number of furan rings is 1. The highest BCUT2D eigenvalue weighted by Crippen LogP contribution is 2.25. The van der Waals surface area contributed by atoms with Crippen LogP contribution in [-0.4, -0.2) is 47.4 Å². The minimum absolute atomic E-state index is 0.0239. The molecule has 0 spiro atoms. The van der Waals surface area contributed by atoms with Crippen LogP contribution in [0.1, 0.15) is 6.42 Å². The molecule has 0 atom stereocenters. The standard InChI is InChI=1S/C16H19FN2O4/c17-13-5-4-12(15-3-1-10-23-15)11-14(13)18-16(22)19(7-9-21)6-2-8-20/h1,3-5,10-11,20-21H,2,6-9H2,(H,18,22). The molecule has 124 valence electrons. The van der Waals surface area contributed by atoms with E-state index in [1.165, 1.54) is 23.3 Å². The number of carbonyl (C=O) groups excluding carboxylic acids is 1. The van der Waals surface area contributed by atoms with E-state index in [0.717, 1.165) is 0 Å². The smallest absolute Gasteiger partial charge is 0.322 e. The summed E-state index contributed by atoms with van der Waals surface area (Å²) in [6, 6.07) is 7.20. The van der Waals surface area contributed by atoms with Gasteiger partial charge in [0.25, 0.3) is 0 Å². The second kappa shape index (κ2) is 8.30. The molecule has 0 aliphatic heterocycles. The Morgan fingerprint density at radius 2 is 2.04 bits per heavy atom. The molecule has 0 radical (unpaired) electrons. The zero-order valence-electron chi connectivity index (χ0n) is 12.5. The zero-order chi connectivity index (χ0) is 16.7. The van der Waals surface area contributed by atoms with Crippen LogP contribution >= 0.6 is 0 Å². The Kier molecular flexibility index (Phi) is 6.13. The van der Waals surface area contributed by atoms with E-state index in [2.05, 4.69) is 5.32 Å². The molecular formula is C16H19FN2O4. The van der Waals surface area contributed by atoms with Gasteiger partial charge in [0.2, 0.25) is 0 Å². The van der Waals surface area contributed by atoms with Crippen molar-refractivity contribution in [3.05, 3.63) is 42.4 Å². The molecule has 2 aromatic rings. The predicted molar refractivity (Wildman–Crippen MR) is 83.5 cm³/mol. The van der Waals surface area contributed by atoms with Gasteiger partial charge in [-0.1, -0.05) is 0 Å². The quantitative estimate of drug-likeness (QED) is 0.730. The van der Waals surface area contributed by atoms with Gasteiger partial charge in [0.15, 0.2) is 0 Å². The van der Waals surface area contributed by atoms with E-state index in [4.69, 9.17) is 14.6 Å². The Hall–Kier alpha value is -2.38. The fraction of sp³-hybridized carbons (Fsp3) is 0.312. The Bertz CT molecular complexity index is 631. The zero-order valence-corrected chi connectivity index (χ0v) is 12.5. The highest BCUT2D eigenvalue weighted by molar-refractivity contribution is 5.90. The van der Waals surface area contributed by atoms with Crippen LogP contribution in [0.4, 0.5) is 14.9 Å². The molecule has 1 aromatic carbocycles. The number of aliphatic hydroxyl groups is 2. The number of rotatable bonds is 7. The van der Waals surface area contributed by atoms with Crippen molar-refractivity contribution in [1.29, 1.82) is 0 Å². The summed E-state index contributed by atoms with van der Waals surface area (Å²) in [5.41, 5.74) is 0.659. The molecule has 23 heavy (non-hydrogen) atoms. The van der Waals surface area contributed by atoms with Crippen molar-refractivity contribution in [2.45, 2.75) is 6.42 Å². The maximum atomic E-state index is 13.9. The fourth-order valence-electron chi connectivity index (χ4n) is 2.11. The van der Waals surface area contributed by atoms with Gasteiger partial charge in [-0.15, -0.1) is 0 Å². The summed E-state index contributed by atoms with van der Waals surface area (Å²) in [5.74, 6) is -0.00671. The molecule has 1 aromatic heterocycles. The minimum atomic E-state index is -0.570. The molecule has 0 fully saturated rings. The van der Waals surface area contributed by atoms with Crippen molar-refractivity contribution in [1.82, 2.24) is 4.90 Å². The number of nitrogens with one attached hydrogen (secondary N) is 1. The topological polar surface area (TPSA) is 85.9 Å². The average molecular weight is 322 g/mol. The largest absolute Gasteiger partial charge is 0.464 e. The van der Waals surface area contributed by atoms with Crippen molar-refractivity contribution in [3.8, 4) is 11.3 Å².